The Bertz CT molecular complexity index is 1060. The molecule has 160 valence electrons. The Morgan fingerprint density at radius 3 is 2.58 bits per heavy atom. The molecule has 0 bridgehead atoms. The fourth-order valence-electron chi connectivity index (χ4n) is 4.26. The highest BCUT2D eigenvalue weighted by Gasteiger charge is 2.26. The Hall–Kier alpha value is -2.77. The quantitative estimate of drug-likeness (QED) is 0.601. The number of piperazine rings is 1. The van der Waals surface area contributed by atoms with Gasteiger partial charge in [0.05, 0.1) is 5.69 Å². The van der Waals surface area contributed by atoms with E-state index in [4.69, 9.17) is 14.5 Å². The number of thiazole rings is 1. The van der Waals surface area contributed by atoms with Crippen LogP contribution in [0.3, 0.4) is 0 Å². The molecule has 0 spiro atoms. The first-order valence-corrected chi connectivity index (χ1v) is 11.9. The third-order valence-corrected chi connectivity index (χ3v) is 7.00. The molecule has 1 N–H and O–H groups in total. The maximum absolute atomic E-state index is 5.45. The molecule has 0 radical (unpaired) electrons. The normalized spacial score (nSPS) is 18.4. The van der Waals surface area contributed by atoms with E-state index in [9.17, 15) is 0 Å². The number of hydrogen-bond acceptors (Lipinski definition) is 7. The number of hydrogen-bond donors (Lipinski definition) is 1. The third kappa shape index (κ3) is 4.20. The highest BCUT2D eigenvalue weighted by molar-refractivity contribution is 7.14. The molecule has 3 aromatic rings. The number of anilines is 3. The van der Waals surface area contributed by atoms with E-state index in [0.29, 0.717) is 0 Å². The van der Waals surface area contributed by atoms with E-state index in [0.717, 1.165) is 52.6 Å². The van der Waals surface area contributed by atoms with Gasteiger partial charge in [-0.25, -0.2) is 4.98 Å². The van der Waals surface area contributed by atoms with Gasteiger partial charge in [-0.05, 0) is 43.0 Å². The molecule has 2 aliphatic heterocycles. The molecule has 3 heterocycles. The molecule has 6 nitrogen and oxygen atoms in total. The summed E-state index contributed by atoms with van der Waals surface area (Å²) in [6, 6.07) is 14.7. The molecular weight excluding hydrogens is 408 g/mol. The van der Waals surface area contributed by atoms with Crippen LogP contribution in [0.25, 0.3) is 11.3 Å². The summed E-state index contributed by atoms with van der Waals surface area (Å²) in [6.45, 7) is 6.18. The van der Waals surface area contributed by atoms with Crippen LogP contribution in [-0.2, 0) is 0 Å². The second-order valence-corrected chi connectivity index (χ2v) is 9.37. The number of nitrogens with zero attached hydrogens (tertiary/aromatic N) is 3. The van der Waals surface area contributed by atoms with Gasteiger partial charge in [0.25, 0.3) is 0 Å². The zero-order valence-electron chi connectivity index (χ0n) is 17.4. The molecule has 1 saturated carbocycles. The zero-order valence-corrected chi connectivity index (χ0v) is 18.2. The van der Waals surface area contributed by atoms with Crippen LogP contribution in [0.2, 0.25) is 0 Å². The Balaban J connectivity index is 1.09. The van der Waals surface area contributed by atoms with Crippen LogP contribution in [-0.4, -0.2) is 49.4 Å². The van der Waals surface area contributed by atoms with Crippen molar-refractivity contribution in [1.29, 1.82) is 0 Å². The van der Waals surface area contributed by atoms with Gasteiger partial charge in [0.1, 0.15) is 0 Å². The second-order valence-electron chi connectivity index (χ2n) is 8.51. The van der Waals surface area contributed by atoms with Crippen molar-refractivity contribution < 1.29 is 9.47 Å². The van der Waals surface area contributed by atoms with Crippen molar-refractivity contribution in [3.8, 4) is 22.8 Å². The van der Waals surface area contributed by atoms with Crippen LogP contribution in [0.4, 0.5) is 16.5 Å². The summed E-state index contributed by atoms with van der Waals surface area (Å²) in [6.07, 6.45) is 2.87. The Labute approximate surface area is 186 Å². The number of rotatable bonds is 6. The third-order valence-electron chi connectivity index (χ3n) is 6.24. The molecule has 1 aliphatic carbocycles. The number of benzene rings is 2. The van der Waals surface area contributed by atoms with Crippen molar-refractivity contribution in [3.05, 3.63) is 47.8 Å². The maximum Gasteiger partial charge on any atom is 0.231 e. The predicted octanol–water partition coefficient (Wildman–Crippen LogP) is 4.81. The average Bonchev–Trinajstić information content (AvgIpc) is 3.30. The van der Waals surface area contributed by atoms with Crippen molar-refractivity contribution in [3.63, 3.8) is 0 Å². The Morgan fingerprint density at radius 2 is 1.77 bits per heavy atom. The van der Waals surface area contributed by atoms with Crippen molar-refractivity contribution in [1.82, 2.24) is 9.88 Å². The van der Waals surface area contributed by atoms with E-state index < -0.39 is 0 Å². The molecule has 31 heavy (non-hydrogen) atoms. The summed E-state index contributed by atoms with van der Waals surface area (Å²) in [4.78, 5) is 9.90. The number of fused-ring (bicyclic) bond motifs is 1. The Kier molecular flexibility index (Phi) is 4.92. The lowest BCUT2D eigenvalue weighted by Crippen LogP contribution is -2.47. The monoisotopic (exact) mass is 434 g/mol. The minimum absolute atomic E-state index is 0.284. The van der Waals surface area contributed by atoms with E-state index in [1.54, 1.807) is 11.3 Å². The van der Waals surface area contributed by atoms with E-state index >= 15 is 0 Å². The summed E-state index contributed by atoms with van der Waals surface area (Å²) < 4.78 is 10.8. The highest BCUT2D eigenvalue weighted by Crippen LogP contribution is 2.36. The van der Waals surface area contributed by atoms with Crippen molar-refractivity contribution >= 4 is 27.8 Å². The van der Waals surface area contributed by atoms with Crippen LogP contribution in [0.15, 0.2) is 47.8 Å². The molecule has 0 unspecified atom stereocenters. The number of aromatic nitrogens is 1. The molecule has 6 rings (SSSR count). The molecule has 0 atom stereocenters. The summed E-state index contributed by atoms with van der Waals surface area (Å²) in [5.41, 5.74) is 4.39. The molecule has 1 aromatic heterocycles. The predicted molar refractivity (Wildman–Crippen MR) is 125 cm³/mol. The molecule has 0 amide bonds. The number of ether oxygens (including phenoxy) is 2. The van der Waals surface area contributed by atoms with E-state index in [1.807, 2.05) is 18.2 Å². The first kappa shape index (κ1) is 19.0. The maximum atomic E-state index is 5.45. The second kappa shape index (κ2) is 8.05. The summed E-state index contributed by atoms with van der Waals surface area (Å²) in [5.74, 6) is 2.54. The molecule has 1 saturated heterocycles. The van der Waals surface area contributed by atoms with Crippen LogP contribution in [0.1, 0.15) is 12.8 Å². The molecule has 7 heteroatoms. The van der Waals surface area contributed by atoms with Crippen LogP contribution in [0, 0.1) is 5.92 Å². The largest absolute Gasteiger partial charge is 0.454 e. The molecule has 2 aromatic carbocycles. The average molecular weight is 435 g/mol. The van der Waals surface area contributed by atoms with E-state index in [-0.39, 0.29) is 6.79 Å². The molecular formula is C24H26N4O2S. The minimum Gasteiger partial charge on any atom is -0.454 e. The van der Waals surface area contributed by atoms with Crippen molar-refractivity contribution in [2.45, 2.75) is 12.8 Å². The first-order valence-electron chi connectivity index (χ1n) is 11.0. The Morgan fingerprint density at radius 1 is 0.968 bits per heavy atom. The van der Waals surface area contributed by atoms with Crippen LogP contribution >= 0.6 is 11.3 Å². The van der Waals surface area contributed by atoms with Gasteiger partial charge in [-0.2, -0.15) is 0 Å². The van der Waals surface area contributed by atoms with Crippen LogP contribution in [0.5, 0.6) is 11.5 Å². The van der Waals surface area contributed by atoms with Gasteiger partial charge in [0.15, 0.2) is 16.6 Å². The fraction of sp³-hybridized carbons (Fsp3) is 0.375. The topological polar surface area (TPSA) is 49.9 Å². The lowest BCUT2D eigenvalue weighted by atomic mass is 10.1. The van der Waals surface area contributed by atoms with Gasteiger partial charge in [-0.1, -0.05) is 12.1 Å². The minimum atomic E-state index is 0.284. The van der Waals surface area contributed by atoms with Gasteiger partial charge in [0.2, 0.25) is 6.79 Å². The molecule has 2 fully saturated rings. The zero-order chi connectivity index (χ0) is 20.6. The van der Waals surface area contributed by atoms with Crippen LogP contribution < -0.4 is 19.7 Å². The molecule has 3 aliphatic rings. The lowest BCUT2D eigenvalue weighted by Gasteiger charge is -2.36. The van der Waals surface area contributed by atoms with E-state index in [2.05, 4.69) is 44.8 Å². The van der Waals surface area contributed by atoms with Gasteiger partial charge in [-0.3, -0.25) is 4.90 Å². The van der Waals surface area contributed by atoms with E-state index in [1.165, 1.54) is 38.2 Å². The van der Waals surface area contributed by atoms with Gasteiger partial charge < -0.3 is 19.7 Å². The summed E-state index contributed by atoms with van der Waals surface area (Å²) in [5, 5.41) is 6.33. The highest BCUT2D eigenvalue weighted by atomic mass is 32.1. The number of nitrogens with one attached hydrogen (secondary N) is 1. The van der Waals surface area contributed by atoms with Gasteiger partial charge >= 0.3 is 0 Å². The summed E-state index contributed by atoms with van der Waals surface area (Å²) in [7, 11) is 0. The standard InChI is InChI=1S/C24H26N4O2S/c1-2-17(1)14-27-9-11-28(12-10-27)20-6-3-18(4-7-20)21-15-31-24(26-21)25-19-5-8-22-23(13-19)30-16-29-22/h3-8,13,15,17H,1-2,9-12,14,16H2,(H,25,26). The van der Waals surface area contributed by atoms with Crippen molar-refractivity contribution in [2.24, 2.45) is 5.92 Å². The fourth-order valence-corrected chi connectivity index (χ4v) is 5.00. The van der Waals surface area contributed by atoms with Gasteiger partial charge in [0, 0.05) is 61.1 Å². The first-order chi connectivity index (χ1) is 15.3. The smallest absolute Gasteiger partial charge is 0.231 e. The SMILES string of the molecule is c1cc2c(cc1Nc1nc(-c3ccc(N4CCN(CC5CC5)CC4)cc3)cs1)OCO2. The summed E-state index contributed by atoms with van der Waals surface area (Å²) >= 11 is 1.60. The lowest BCUT2D eigenvalue weighted by molar-refractivity contribution is 0.174. The van der Waals surface area contributed by atoms with Gasteiger partial charge in [-0.15, -0.1) is 11.3 Å². The van der Waals surface area contributed by atoms with Crippen molar-refractivity contribution in [2.75, 3.05) is 49.7 Å².